The van der Waals surface area contributed by atoms with Gasteiger partial charge in [0.1, 0.15) is 5.82 Å². The molecule has 37 heavy (non-hydrogen) atoms. The van der Waals surface area contributed by atoms with Crippen molar-refractivity contribution in [2.45, 2.75) is 19.5 Å². The molecule has 5 rings (SSSR count). The predicted octanol–water partition coefficient (Wildman–Crippen LogP) is 5.46. The molecule has 0 aromatic carbocycles. The van der Waals surface area contributed by atoms with Crippen LogP contribution >= 0.6 is 34.3 Å². The van der Waals surface area contributed by atoms with Gasteiger partial charge in [0.2, 0.25) is 0 Å². The van der Waals surface area contributed by atoms with Crippen molar-refractivity contribution in [1.29, 1.82) is 0 Å². The third-order valence-electron chi connectivity index (χ3n) is 5.65. The van der Waals surface area contributed by atoms with Crippen molar-refractivity contribution in [2.75, 3.05) is 5.32 Å². The lowest BCUT2D eigenvalue weighted by Gasteiger charge is -2.09. The number of hydrogen-bond acceptors (Lipinski definition) is 8. The van der Waals surface area contributed by atoms with Crippen LogP contribution in [0.25, 0.3) is 17.3 Å². The fourth-order valence-electron chi connectivity index (χ4n) is 3.81. The first-order chi connectivity index (χ1) is 18.0. The van der Waals surface area contributed by atoms with E-state index in [4.69, 9.17) is 11.6 Å². The summed E-state index contributed by atoms with van der Waals surface area (Å²) in [4.78, 5) is 35.9. The minimum absolute atomic E-state index is 0.196. The Morgan fingerprint density at radius 2 is 2.11 bits per heavy atom. The third-order valence-corrected chi connectivity index (χ3v) is 7.56. The molecule has 0 aliphatic carbocycles. The summed E-state index contributed by atoms with van der Waals surface area (Å²) in [5.74, 6) is 0.245. The Kier molecular flexibility index (Phi) is 7.40. The van der Waals surface area contributed by atoms with Crippen LogP contribution in [0.15, 0.2) is 77.3 Å². The average Bonchev–Trinajstić information content (AvgIpc) is 3.68. The van der Waals surface area contributed by atoms with Gasteiger partial charge in [-0.3, -0.25) is 19.6 Å². The number of hydrogen-bond donors (Lipinski definition) is 1. The van der Waals surface area contributed by atoms with Gasteiger partial charge in [-0.25, -0.2) is 0 Å². The van der Waals surface area contributed by atoms with Gasteiger partial charge in [0.15, 0.2) is 0 Å². The quantitative estimate of drug-likeness (QED) is 0.263. The second-order valence-corrected chi connectivity index (χ2v) is 10.6. The molecule has 0 fully saturated rings. The van der Waals surface area contributed by atoms with Gasteiger partial charge >= 0.3 is 0 Å². The normalized spacial score (nSPS) is 10.9. The van der Waals surface area contributed by atoms with E-state index in [9.17, 15) is 9.59 Å². The van der Waals surface area contributed by atoms with Crippen molar-refractivity contribution in [3.8, 4) is 11.3 Å². The lowest BCUT2D eigenvalue weighted by Crippen LogP contribution is -2.23. The van der Waals surface area contributed by atoms with E-state index in [1.165, 1.54) is 33.4 Å². The second-order valence-electron chi connectivity index (χ2n) is 8.00. The van der Waals surface area contributed by atoms with Gasteiger partial charge in [0.25, 0.3) is 11.5 Å². The maximum Gasteiger partial charge on any atom is 0.280 e. The molecule has 186 valence electrons. The number of halogens is 1. The van der Waals surface area contributed by atoms with E-state index in [1.54, 1.807) is 46.9 Å². The molecule has 8 nitrogen and oxygen atoms in total. The fraction of sp³-hybridized carbons (Fsp3) is 0.115. The number of rotatable bonds is 9. The third kappa shape index (κ3) is 5.46. The van der Waals surface area contributed by atoms with E-state index in [0.717, 1.165) is 10.6 Å². The highest BCUT2D eigenvalue weighted by Crippen LogP contribution is 2.27. The number of carbonyl (C=O) groups is 1. The molecule has 0 amide bonds. The van der Waals surface area contributed by atoms with Crippen molar-refractivity contribution in [3.05, 3.63) is 109 Å². The van der Waals surface area contributed by atoms with E-state index in [2.05, 4.69) is 27.0 Å². The van der Waals surface area contributed by atoms with Crippen molar-refractivity contribution in [3.63, 3.8) is 0 Å². The molecule has 5 aromatic heterocycles. The first kappa shape index (κ1) is 24.8. The number of carbonyl (C=O) groups excluding carboxylic acids is 1. The molecule has 0 atom stereocenters. The Labute approximate surface area is 225 Å². The number of pyridine rings is 1. The van der Waals surface area contributed by atoms with Crippen LogP contribution < -0.4 is 10.9 Å². The highest BCUT2D eigenvalue weighted by atomic mass is 35.5. The first-order valence-electron chi connectivity index (χ1n) is 11.3. The predicted molar refractivity (Wildman–Crippen MR) is 148 cm³/mol. The van der Waals surface area contributed by atoms with Crippen LogP contribution in [0.5, 0.6) is 0 Å². The molecule has 11 heteroatoms. The van der Waals surface area contributed by atoms with Crippen LogP contribution in [0.2, 0.25) is 4.34 Å². The monoisotopic (exact) mass is 548 g/mol. The summed E-state index contributed by atoms with van der Waals surface area (Å²) in [5.41, 5.74) is 2.62. The van der Waals surface area contributed by atoms with Gasteiger partial charge in [-0.05, 0) is 29.6 Å². The van der Waals surface area contributed by atoms with Gasteiger partial charge in [-0.1, -0.05) is 24.3 Å². The largest absolute Gasteiger partial charge is 0.365 e. The van der Waals surface area contributed by atoms with Crippen molar-refractivity contribution in [2.24, 2.45) is 0 Å². The molecule has 0 aliphatic heterocycles. The van der Waals surface area contributed by atoms with Crippen LogP contribution in [0, 0.1) is 0 Å². The van der Waals surface area contributed by atoms with Crippen molar-refractivity contribution >= 4 is 52.1 Å². The number of nitrogens with zero attached hydrogens (tertiary/aromatic N) is 5. The van der Waals surface area contributed by atoms with Gasteiger partial charge in [0.05, 0.1) is 27.8 Å². The Morgan fingerprint density at radius 1 is 1.22 bits per heavy atom. The summed E-state index contributed by atoms with van der Waals surface area (Å²) in [5, 5.41) is 11.5. The van der Waals surface area contributed by atoms with Crippen LogP contribution in [-0.2, 0) is 19.5 Å². The molecule has 0 saturated heterocycles. The molecule has 0 spiro atoms. The highest BCUT2D eigenvalue weighted by Gasteiger charge is 2.20. The Morgan fingerprint density at radius 3 is 2.81 bits per heavy atom. The average molecular weight is 549 g/mol. The molecule has 0 bridgehead atoms. The maximum atomic E-state index is 13.3. The SMILES string of the molecule is C=Cc1c(-c2cc(NCc3ccc(Cl)s3)n(C(=O)c3ccsc3)n2)ccn(CCc2cnccn2)c1=O. The lowest BCUT2D eigenvalue weighted by molar-refractivity contribution is 0.0948. The summed E-state index contributed by atoms with van der Waals surface area (Å²) < 4.78 is 3.64. The van der Waals surface area contributed by atoms with Crippen molar-refractivity contribution in [1.82, 2.24) is 24.3 Å². The van der Waals surface area contributed by atoms with Crippen LogP contribution in [0.1, 0.15) is 26.5 Å². The van der Waals surface area contributed by atoms with Gasteiger partial charge in [-0.15, -0.1) is 11.3 Å². The Hall–Kier alpha value is -3.86. The lowest BCUT2D eigenvalue weighted by atomic mass is 10.1. The number of aryl methyl sites for hydroxylation is 2. The van der Waals surface area contributed by atoms with E-state index in [1.807, 2.05) is 23.6 Å². The van der Waals surface area contributed by atoms with Gasteiger partial charge in [0, 0.05) is 65.2 Å². The van der Waals surface area contributed by atoms with Gasteiger partial charge < -0.3 is 9.88 Å². The topological polar surface area (TPSA) is 94.7 Å². The molecule has 5 aromatic rings. The van der Waals surface area contributed by atoms with Gasteiger partial charge in [-0.2, -0.15) is 21.1 Å². The van der Waals surface area contributed by atoms with Crippen LogP contribution in [0.3, 0.4) is 0 Å². The number of aromatic nitrogens is 5. The standard InChI is InChI=1S/C26H21ClN6O2S2/c1-2-20-21(6-11-32(26(20)35)10-5-18-14-28-8-9-29-18)22-13-24(30-15-19-3-4-23(27)37-19)33(31-22)25(34)17-7-12-36-16-17/h2-4,6-9,11-14,16,30H,1,5,10,15H2. The highest BCUT2D eigenvalue weighted by molar-refractivity contribution is 7.16. The van der Waals surface area contributed by atoms with E-state index >= 15 is 0 Å². The minimum Gasteiger partial charge on any atom is -0.365 e. The number of thiophene rings is 2. The molecule has 5 heterocycles. The second kappa shape index (κ2) is 11.0. The zero-order chi connectivity index (χ0) is 25.8. The Balaban J connectivity index is 1.48. The van der Waals surface area contributed by atoms with Crippen LogP contribution in [0.4, 0.5) is 5.82 Å². The molecule has 0 saturated carbocycles. The fourth-order valence-corrected chi connectivity index (χ4v) is 5.47. The van der Waals surface area contributed by atoms with E-state index in [0.29, 0.717) is 52.0 Å². The zero-order valence-electron chi connectivity index (χ0n) is 19.5. The molecule has 0 aliphatic rings. The first-order valence-corrected chi connectivity index (χ1v) is 13.4. The van der Waals surface area contributed by atoms with Crippen molar-refractivity contribution < 1.29 is 4.79 Å². The summed E-state index contributed by atoms with van der Waals surface area (Å²) in [6.45, 7) is 4.77. The maximum absolute atomic E-state index is 13.3. The molecular formula is C26H21ClN6O2S2. The molecule has 0 unspecified atom stereocenters. The smallest absolute Gasteiger partial charge is 0.280 e. The summed E-state index contributed by atoms with van der Waals surface area (Å²) >= 11 is 8.96. The van der Waals surface area contributed by atoms with Crippen LogP contribution in [-0.4, -0.2) is 30.2 Å². The summed E-state index contributed by atoms with van der Waals surface area (Å²) in [7, 11) is 0. The number of nitrogens with one attached hydrogen (secondary N) is 1. The molecular weight excluding hydrogens is 528 g/mol. The summed E-state index contributed by atoms with van der Waals surface area (Å²) in [6.07, 6.45) is 8.74. The Bertz CT molecular complexity index is 1610. The summed E-state index contributed by atoms with van der Waals surface area (Å²) in [6, 6.07) is 9.10. The van der Waals surface area contributed by atoms with E-state index < -0.39 is 0 Å². The van der Waals surface area contributed by atoms with E-state index in [-0.39, 0.29) is 11.5 Å². The molecule has 0 radical (unpaired) electrons. The molecule has 1 N–H and O–H groups in total. The number of anilines is 1. The zero-order valence-corrected chi connectivity index (χ0v) is 21.9. The minimum atomic E-state index is -0.267.